The molecule has 0 bridgehead atoms. The quantitative estimate of drug-likeness (QED) is 0.365. The molecule has 2 aliphatic rings. The number of fused-ring (bicyclic) bond motifs is 1. The van der Waals surface area contributed by atoms with Crippen LogP contribution in [0.15, 0.2) is 65.4 Å². The second-order valence-electron chi connectivity index (χ2n) is 8.74. The normalized spacial score (nSPS) is 18.3. The van der Waals surface area contributed by atoms with Crippen molar-refractivity contribution in [2.75, 3.05) is 13.1 Å². The molecule has 1 aromatic heterocycles. The smallest absolute Gasteiger partial charge is 0.238 e. The third kappa shape index (κ3) is 5.34. The van der Waals surface area contributed by atoms with Gasteiger partial charge >= 0.3 is 0 Å². The average Bonchev–Trinajstić information content (AvgIpc) is 3.56. The molecule has 1 saturated carbocycles. The van der Waals surface area contributed by atoms with Gasteiger partial charge < -0.3 is 4.90 Å². The van der Waals surface area contributed by atoms with Crippen molar-refractivity contribution in [3.63, 3.8) is 0 Å². The Morgan fingerprint density at radius 1 is 1.09 bits per heavy atom. The van der Waals surface area contributed by atoms with E-state index in [0.29, 0.717) is 16.6 Å². The lowest BCUT2D eigenvalue weighted by Gasteiger charge is -2.37. The number of rotatable bonds is 7. The van der Waals surface area contributed by atoms with Crippen LogP contribution in [0.25, 0.3) is 6.08 Å². The highest BCUT2D eigenvalue weighted by atomic mass is 35.5. The molecule has 9 heteroatoms. The van der Waals surface area contributed by atoms with Crippen LogP contribution in [0.1, 0.15) is 40.5 Å². The first-order valence-corrected chi connectivity index (χ1v) is 14.5. The summed E-state index contributed by atoms with van der Waals surface area (Å²) < 4.78 is 27.8. The molecule has 5 rings (SSSR count). The molecule has 3 aromatic rings. The molecule has 1 unspecified atom stereocenters. The Bertz CT molecular complexity index is 1370. The van der Waals surface area contributed by atoms with Gasteiger partial charge in [0.1, 0.15) is 0 Å². The third-order valence-electron chi connectivity index (χ3n) is 6.35. The summed E-state index contributed by atoms with van der Waals surface area (Å²) in [4.78, 5) is 16.7. The van der Waals surface area contributed by atoms with E-state index in [4.69, 9.17) is 23.2 Å². The minimum absolute atomic E-state index is 0.150. The maximum Gasteiger partial charge on any atom is 0.238 e. The van der Waals surface area contributed by atoms with Gasteiger partial charge in [-0.15, -0.1) is 11.3 Å². The van der Waals surface area contributed by atoms with E-state index in [2.05, 4.69) is 0 Å². The lowest BCUT2D eigenvalue weighted by atomic mass is 9.93. The lowest BCUT2D eigenvalue weighted by Crippen LogP contribution is -2.47. The van der Waals surface area contributed by atoms with Gasteiger partial charge in [0.05, 0.1) is 12.6 Å². The number of amides is 1. The number of nitrogens with zero attached hydrogens (tertiary/aromatic N) is 2. The van der Waals surface area contributed by atoms with E-state index in [1.807, 2.05) is 47.8 Å². The molecule has 1 aliphatic heterocycles. The first-order chi connectivity index (χ1) is 16.8. The van der Waals surface area contributed by atoms with Gasteiger partial charge in [0.15, 0.2) is 0 Å². The number of benzene rings is 2. The zero-order chi connectivity index (χ0) is 24.6. The summed E-state index contributed by atoms with van der Waals surface area (Å²) in [7, 11) is -3.77. The topological polar surface area (TPSA) is 57.7 Å². The van der Waals surface area contributed by atoms with Crippen LogP contribution in [0.3, 0.4) is 0 Å². The van der Waals surface area contributed by atoms with Gasteiger partial charge in [0.25, 0.3) is 0 Å². The van der Waals surface area contributed by atoms with Gasteiger partial charge in [-0.1, -0.05) is 59.6 Å². The number of carbonyl (C=O) groups is 1. The molecule has 0 N–H and O–H groups in total. The maximum atomic E-state index is 13.7. The molecule has 0 spiro atoms. The van der Waals surface area contributed by atoms with Crippen LogP contribution < -0.4 is 0 Å². The van der Waals surface area contributed by atoms with Crippen molar-refractivity contribution in [2.45, 2.75) is 31.3 Å². The number of hydrogen-bond acceptors (Lipinski definition) is 4. The summed E-state index contributed by atoms with van der Waals surface area (Å²) in [5.41, 5.74) is 2.61. The predicted octanol–water partition coefficient (Wildman–Crippen LogP) is 5.99. The number of halogens is 2. The van der Waals surface area contributed by atoms with E-state index in [-0.39, 0.29) is 24.5 Å². The highest BCUT2D eigenvalue weighted by molar-refractivity contribution is 7.92. The van der Waals surface area contributed by atoms with E-state index < -0.39 is 10.0 Å². The molecule has 1 amide bonds. The summed E-state index contributed by atoms with van der Waals surface area (Å²) in [6, 6.07) is 16.0. The van der Waals surface area contributed by atoms with Gasteiger partial charge in [-0.3, -0.25) is 4.79 Å². The van der Waals surface area contributed by atoms with E-state index in [9.17, 15) is 13.2 Å². The van der Waals surface area contributed by atoms with E-state index in [1.165, 1.54) is 14.6 Å². The van der Waals surface area contributed by atoms with Crippen LogP contribution in [0.4, 0.5) is 0 Å². The summed E-state index contributed by atoms with van der Waals surface area (Å²) >= 11 is 14.4. The summed E-state index contributed by atoms with van der Waals surface area (Å²) in [6.07, 6.45) is 3.81. The van der Waals surface area contributed by atoms with Crippen molar-refractivity contribution in [1.82, 2.24) is 9.21 Å². The molecule has 1 fully saturated rings. The van der Waals surface area contributed by atoms with Gasteiger partial charge in [-0.25, -0.2) is 8.42 Å². The Kier molecular flexibility index (Phi) is 7.06. The van der Waals surface area contributed by atoms with E-state index in [0.717, 1.165) is 36.0 Å². The molecule has 35 heavy (non-hydrogen) atoms. The molecule has 182 valence electrons. The fourth-order valence-corrected chi connectivity index (χ4v) is 7.28. The SMILES string of the molecule is O=C(CN(C1CC1)S(=O)(=O)/C=C/c1ccccc1)N1CCc2sccc2C1c1ccc(Cl)cc1Cl. The van der Waals surface area contributed by atoms with Gasteiger partial charge in [0, 0.05) is 32.9 Å². The monoisotopic (exact) mass is 546 g/mol. The summed E-state index contributed by atoms with van der Waals surface area (Å²) in [5, 5.41) is 4.23. The average molecular weight is 548 g/mol. The zero-order valence-electron chi connectivity index (χ0n) is 18.8. The molecular formula is C26H24Cl2N2O3S2. The van der Waals surface area contributed by atoms with Gasteiger partial charge in [-0.05, 0) is 65.6 Å². The Labute approximate surface area is 219 Å². The van der Waals surface area contributed by atoms with Crippen molar-refractivity contribution < 1.29 is 13.2 Å². The second-order valence-corrected chi connectivity index (χ2v) is 12.4. The van der Waals surface area contributed by atoms with Crippen molar-refractivity contribution in [1.29, 1.82) is 0 Å². The van der Waals surface area contributed by atoms with Crippen molar-refractivity contribution in [3.05, 3.63) is 97.0 Å². The molecule has 1 aliphatic carbocycles. The maximum absolute atomic E-state index is 13.7. The molecule has 2 aromatic carbocycles. The third-order valence-corrected chi connectivity index (χ3v) is 9.47. The largest absolute Gasteiger partial charge is 0.330 e. The lowest BCUT2D eigenvalue weighted by molar-refractivity contribution is -0.133. The molecule has 2 heterocycles. The first-order valence-electron chi connectivity index (χ1n) is 11.4. The van der Waals surface area contributed by atoms with Crippen LogP contribution in [0.2, 0.25) is 10.0 Å². The predicted molar refractivity (Wildman–Crippen MR) is 142 cm³/mol. The minimum atomic E-state index is -3.77. The molecule has 5 nitrogen and oxygen atoms in total. The highest BCUT2D eigenvalue weighted by Gasteiger charge is 2.40. The van der Waals surface area contributed by atoms with Crippen molar-refractivity contribution in [3.8, 4) is 0 Å². The van der Waals surface area contributed by atoms with E-state index in [1.54, 1.807) is 34.4 Å². The van der Waals surface area contributed by atoms with Crippen LogP contribution in [-0.4, -0.2) is 42.7 Å². The molecule has 0 radical (unpaired) electrons. The number of hydrogen-bond donors (Lipinski definition) is 0. The van der Waals surface area contributed by atoms with E-state index >= 15 is 0 Å². The Balaban J connectivity index is 1.43. The van der Waals surface area contributed by atoms with Crippen LogP contribution in [-0.2, 0) is 21.2 Å². The van der Waals surface area contributed by atoms with Gasteiger partial charge in [0.2, 0.25) is 15.9 Å². The number of carbonyl (C=O) groups excluding carboxylic acids is 1. The van der Waals surface area contributed by atoms with Gasteiger partial charge in [-0.2, -0.15) is 4.31 Å². The standard InChI is InChI=1S/C26H24Cl2N2O3S2/c27-19-6-9-21(23(28)16-19)26-22-11-14-34-24(22)10-13-29(26)25(31)17-30(20-7-8-20)35(32,33)15-12-18-4-2-1-3-5-18/h1-6,9,11-12,14-16,20,26H,7-8,10,13,17H2/b15-12+. The van der Waals surface area contributed by atoms with Crippen molar-refractivity contribution >= 4 is 56.5 Å². The van der Waals surface area contributed by atoms with Crippen LogP contribution >= 0.6 is 34.5 Å². The molecule has 1 atom stereocenters. The Morgan fingerprint density at radius 2 is 1.86 bits per heavy atom. The second kappa shape index (κ2) is 10.1. The fraction of sp³-hybridized carbons (Fsp3) is 0.269. The molecule has 0 saturated heterocycles. The summed E-state index contributed by atoms with van der Waals surface area (Å²) in [5.74, 6) is -0.235. The fourth-order valence-electron chi connectivity index (χ4n) is 4.46. The highest BCUT2D eigenvalue weighted by Crippen LogP contribution is 2.41. The van der Waals surface area contributed by atoms with Crippen molar-refractivity contribution in [2.24, 2.45) is 0 Å². The molecular weight excluding hydrogens is 523 g/mol. The van der Waals surface area contributed by atoms with Crippen LogP contribution in [0, 0.1) is 0 Å². The number of sulfonamides is 1. The van der Waals surface area contributed by atoms with Crippen LogP contribution in [0.5, 0.6) is 0 Å². The minimum Gasteiger partial charge on any atom is -0.330 e. The number of thiophene rings is 1. The zero-order valence-corrected chi connectivity index (χ0v) is 22.0. The Morgan fingerprint density at radius 3 is 2.57 bits per heavy atom. The first kappa shape index (κ1) is 24.5. The Hall–Kier alpha value is -2.16. The summed E-state index contributed by atoms with van der Waals surface area (Å²) in [6.45, 7) is 0.293.